The number of hydrogen-bond donors (Lipinski definition) is 0. The van der Waals surface area contributed by atoms with Gasteiger partial charge in [0.05, 0.1) is 4.92 Å². The molecular formula is C19H15NO6. The molecule has 0 N–H and O–H groups in total. The predicted octanol–water partition coefficient (Wildman–Crippen LogP) is 3.59. The van der Waals surface area contributed by atoms with Crippen molar-refractivity contribution in [2.24, 2.45) is 0 Å². The van der Waals surface area contributed by atoms with Crippen molar-refractivity contribution in [3.05, 3.63) is 75.9 Å². The highest BCUT2D eigenvalue weighted by Crippen LogP contribution is 2.32. The Balaban J connectivity index is 1.47. The third-order valence-electron chi connectivity index (χ3n) is 3.54. The summed E-state index contributed by atoms with van der Waals surface area (Å²) in [6, 6.07) is 11.4. The van der Waals surface area contributed by atoms with Crippen molar-refractivity contribution in [1.82, 2.24) is 0 Å². The van der Waals surface area contributed by atoms with E-state index in [0.717, 1.165) is 5.56 Å². The van der Waals surface area contributed by atoms with E-state index >= 15 is 0 Å². The molecule has 26 heavy (non-hydrogen) atoms. The number of benzene rings is 2. The molecule has 0 spiro atoms. The fourth-order valence-corrected chi connectivity index (χ4v) is 2.25. The first-order valence-corrected chi connectivity index (χ1v) is 7.77. The minimum atomic E-state index is -0.501. The van der Waals surface area contributed by atoms with Crippen LogP contribution in [-0.2, 0) is 9.53 Å². The van der Waals surface area contributed by atoms with E-state index in [1.54, 1.807) is 18.2 Å². The first-order valence-electron chi connectivity index (χ1n) is 7.77. The summed E-state index contributed by atoms with van der Waals surface area (Å²) in [6.45, 7) is 0.346. The van der Waals surface area contributed by atoms with Crippen LogP contribution in [0.5, 0.6) is 11.5 Å². The Labute approximate surface area is 149 Å². The number of carbonyl (C=O) groups is 1. The molecule has 132 valence electrons. The van der Waals surface area contributed by atoms with E-state index in [-0.39, 0.29) is 19.1 Å². The van der Waals surface area contributed by atoms with Gasteiger partial charge in [-0.3, -0.25) is 10.1 Å². The van der Waals surface area contributed by atoms with Crippen LogP contribution >= 0.6 is 0 Å². The molecule has 2 aromatic rings. The Morgan fingerprint density at radius 2 is 1.81 bits per heavy atom. The van der Waals surface area contributed by atoms with Gasteiger partial charge in [0.1, 0.15) is 6.61 Å². The zero-order chi connectivity index (χ0) is 18.4. The summed E-state index contributed by atoms with van der Waals surface area (Å²) in [7, 11) is 0. The van der Waals surface area contributed by atoms with Gasteiger partial charge in [-0.25, -0.2) is 4.79 Å². The quantitative estimate of drug-likeness (QED) is 0.341. The Hall–Kier alpha value is -3.61. The van der Waals surface area contributed by atoms with E-state index in [2.05, 4.69) is 0 Å². The van der Waals surface area contributed by atoms with E-state index in [1.165, 1.54) is 24.3 Å². The number of nitro groups is 1. The largest absolute Gasteiger partial charge is 0.458 e. The highest BCUT2D eigenvalue weighted by molar-refractivity contribution is 5.87. The topological polar surface area (TPSA) is 87.9 Å². The molecule has 0 unspecified atom stereocenters. The Bertz CT molecular complexity index is 870. The summed E-state index contributed by atoms with van der Waals surface area (Å²) < 4.78 is 15.6. The minimum Gasteiger partial charge on any atom is -0.458 e. The average molecular weight is 353 g/mol. The molecule has 0 saturated carbocycles. The van der Waals surface area contributed by atoms with Gasteiger partial charge in [-0.1, -0.05) is 12.1 Å². The van der Waals surface area contributed by atoms with E-state index in [0.29, 0.717) is 17.1 Å². The van der Waals surface area contributed by atoms with Crippen molar-refractivity contribution in [2.45, 2.75) is 0 Å². The molecule has 2 aromatic carbocycles. The molecule has 0 saturated heterocycles. The van der Waals surface area contributed by atoms with E-state index in [1.807, 2.05) is 24.3 Å². The van der Waals surface area contributed by atoms with Crippen LogP contribution in [-0.4, -0.2) is 24.3 Å². The summed E-state index contributed by atoms with van der Waals surface area (Å²) in [4.78, 5) is 21.8. The van der Waals surface area contributed by atoms with Crippen molar-refractivity contribution in [3.63, 3.8) is 0 Å². The van der Waals surface area contributed by atoms with E-state index < -0.39 is 10.9 Å². The van der Waals surface area contributed by atoms with Crippen LogP contribution in [0.1, 0.15) is 11.1 Å². The highest BCUT2D eigenvalue weighted by atomic mass is 16.7. The molecule has 0 atom stereocenters. The van der Waals surface area contributed by atoms with Gasteiger partial charge < -0.3 is 14.2 Å². The smallest absolute Gasteiger partial charge is 0.331 e. The summed E-state index contributed by atoms with van der Waals surface area (Å²) in [5, 5.41) is 10.6. The summed E-state index contributed by atoms with van der Waals surface area (Å²) in [5.74, 6) is 0.902. The summed E-state index contributed by atoms with van der Waals surface area (Å²) in [6.07, 6.45) is 6.34. The van der Waals surface area contributed by atoms with Crippen molar-refractivity contribution < 1.29 is 23.9 Å². The number of fused-ring (bicyclic) bond motifs is 1. The maximum Gasteiger partial charge on any atom is 0.331 e. The number of ether oxygens (including phenoxy) is 3. The molecule has 3 rings (SSSR count). The van der Waals surface area contributed by atoms with Crippen LogP contribution in [0.3, 0.4) is 0 Å². The fraction of sp³-hybridized carbons (Fsp3) is 0.105. The van der Waals surface area contributed by atoms with Crippen LogP contribution in [0.15, 0.2) is 54.6 Å². The Morgan fingerprint density at radius 1 is 1.08 bits per heavy atom. The zero-order valence-electron chi connectivity index (χ0n) is 13.7. The molecule has 1 aliphatic rings. The highest BCUT2D eigenvalue weighted by Gasteiger charge is 2.12. The first-order chi connectivity index (χ1) is 12.6. The van der Waals surface area contributed by atoms with Crippen molar-refractivity contribution >= 4 is 23.8 Å². The zero-order valence-corrected chi connectivity index (χ0v) is 13.7. The molecule has 7 heteroatoms. The number of carbonyl (C=O) groups excluding carboxylic acids is 1. The van der Waals surface area contributed by atoms with E-state index in [9.17, 15) is 14.9 Å². The SMILES string of the molecule is O=C(C=Cc1ccc([N+](=O)[O-])cc1)OC/C=C/c1ccc2c(c1)OCO2. The van der Waals surface area contributed by atoms with Gasteiger partial charge in [-0.2, -0.15) is 0 Å². The van der Waals surface area contributed by atoms with E-state index in [4.69, 9.17) is 14.2 Å². The second kappa shape index (κ2) is 7.98. The average Bonchev–Trinajstić information content (AvgIpc) is 3.11. The lowest BCUT2D eigenvalue weighted by atomic mass is 10.2. The Kier molecular flexibility index (Phi) is 5.28. The van der Waals surface area contributed by atoms with Crippen LogP contribution in [0.2, 0.25) is 0 Å². The van der Waals surface area contributed by atoms with Crippen LogP contribution in [0.4, 0.5) is 5.69 Å². The first kappa shape index (κ1) is 17.2. The minimum absolute atomic E-state index is 0.00150. The van der Waals surface area contributed by atoms with Gasteiger partial charge in [0.15, 0.2) is 11.5 Å². The van der Waals surface area contributed by atoms with Gasteiger partial charge in [-0.05, 0) is 47.5 Å². The van der Waals surface area contributed by atoms with Crippen LogP contribution in [0, 0.1) is 10.1 Å². The predicted molar refractivity (Wildman–Crippen MR) is 94.7 cm³/mol. The number of nitro benzene ring substituents is 1. The number of esters is 1. The van der Waals surface area contributed by atoms with Gasteiger partial charge in [0.25, 0.3) is 5.69 Å². The standard InChI is InChI=1S/C19H15NO6/c21-19(10-6-14-3-7-16(8-4-14)20(22)23)24-11-1-2-15-5-9-17-18(12-15)26-13-25-17/h1-10,12H,11,13H2/b2-1+,10-6?. The lowest BCUT2D eigenvalue weighted by molar-refractivity contribution is -0.384. The normalized spacial score (nSPS) is 12.6. The summed E-state index contributed by atoms with van der Waals surface area (Å²) >= 11 is 0. The van der Waals surface area contributed by atoms with Crippen molar-refractivity contribution in [2.75, 3.05) is 13.4 Å². The summed E-state index contributed by atoms with van der Waals surface area (Å²) in [5.41, 5.74) is 1.58. The van der Waals surface area contributed by atoms with Gasteiger partial charge >= 0.3 is 5.97 Å². The molecule has 0 bridgehead atoms. The lowest BCUT2D eigenvalue weighted by Crippen LogP contribution is -1.99. The van der Waals surface area contributed by atoms with Crippen molar-refractivity contribution in [1.29, 1.82) is 0 Å². The fourth-order valence-electron chi connectivity index (χ4n) is 2.25. The maximum absolute atomic E-state index is 11.7. The molecule has 1 heterocycles. The van der Waals surface area contributed by atoms with Crippen LogP contribution < -0.4 is 9.47 Å². The number of nitrogens with zero attached hydrogens (tertiary/aromatic N) is 1. The maximum atomic E-state index is 11.7. The molecule has 7 nitrogen and oxygen atoms in total. The van der Waals surface area contributed by atoms with Gasteiger partial charge in [-0.15, -0.1) is 0 Å². The molecule has 0 radical (unpaired) electrons. The number of non-ortho nitro benzene ring substituents is 1. The third-order valence-corrected chi connectivity index (χ3v) is 3.54. The molecule has 0 fully saturated rings. The monoisotopic (exact) mass is 353 g/mol. The van der Waals surface area contributed by atoms with Gasteiger partial charge in [0, 0.05) is 18.2 Å². The van der Waals surface area contributed by atoms with Gasteiger partial charge in [0.2, 0.25) is 6.79 Å². The molecular weight excluding hydrogens is 338 g/mol. The van der Waals surface area contributed by atoms with Crippen molar-refractivity contribution in [3.8, 4) is 11.5 Å². The Morgan fingerprint density at radius 3 is 2.58 bits per heavy atom. The third kappa shape index (κ3) is 4.47. The second-order valence-corrected chi connectivity index (χ2v) is 5.33. The number of rotatable bonds is 6. The molecule has 0 amide bonds. The second-order valence-electron chi connectivity index (χ2n) is 5.33. The molecule has 1 aliphatic heterocycles. The number of hydrogen-bond acceptors (Lipinski definition) is 6. The lowest BCUT2D eigenvalue weighted by Gasteiger charge is -1.99. The molecule has 0 aromatic heterocycles. The molecule has 0 aliphatic carbocycles. The van der Waals surface area contributed by atoms with Crippen LogP contribution in [0.25, 0.3) is 12.2 Å².